The van der Waals surface area contributed by atoms with E-state index in [0.29, 0.717) is 15.5 Å². The number of aliphatic carboxylic acids is 1. The van der Waals surface area contributed by atoms with Gasteiger partial charge in [-0.3, -0.25) is 0 Å². The standard InChI is InChI=1S/C10H8ClNO2S.Na/c1-6-2-7(11)3-9(8(6)4-12)15-5-10(13)14;/h2-3H,5H2,1H3,(H,13,14);/q;+1/p-1. The number of carboxylic acids is 1. The molecule has 0 fully saturated rings. The predicted molar refractivity (Wildman–Crippen MR) is 56.6 cm³/mol. The first-order valence-electron chi connectivity index (χ1n) is 4.07. The summed E-state index contributed by atoms with van der Waals surface area (Å²) >= 11 is 6.85. The second kappa shape index (κ2) is 7.21. The van der Waals surface area contributed by atoms with Crippen molar-refractivity contribution in [3.05, 3.63) is 28.3 Å². The van der Waals surface area contributed by atoms with E-state index in [4.69, 9.17) is 16.9 Å². The number of aryl methyl sites for hydroxylation is 1. The van der Waals surface area contributed by atoms with Gasteiger partial charge in [-0.25, -0.2) is 0 Å². The average Bonchev–Trinajstić information content (AvgIpc) is 2.13. The van der Waals surface area contributed by atoms with Crippen molar-refractivity contribution in [3.63, 3.8) is 0 Å². The third-order valence-corrected chi connectivity index (χ3v) is 2.95. The molecule has 0 aliphatic rings. The minimum atomic E-state index is -1.17. The molecule has 0 amide bonds. The summed E-state index contributed by atoms with van der Waals surface area (Å²) in [6, 6.07) is 5.28. The van der Waals surface area contributed by atoms with Gasteiger partial charge < -0.3 is 9.90 Å². The molecule has 0 radical (unpaired) electrons. The van der Waals surface area contributed by atoms with Crippen molar-refractivity contribution in [2.45, 2.75) is 11.8 Å². The summed E-state index contributed by atoms with van der Waals surface area (Å²) in [5.74, 6) is -1.35. The summed E-state index contributed by atoms with van der Waals surface area (Å²) in [5, 5.41) is 19.7. The predicted octanol–water partition coefficient (Wildman–Crippen LogP) is -1.63. The Morgan fingerprint density at radius 2 is 2.25 bits per heavy atom. The van der Waals surface area contributed by atoms with Crippen molar-refractivity contribution in [1.29, 1.82) is 5.26 Å². The monoisotopic (exact) mass is 263 g/mol. The molecule has 0 bridgehead atoms. The van der Waals surface area contributed by atoms with Gasteiger partial charge in [-0.2, -0.15) is 5.26 Å². The second-order valence-electron chi connectivity index (χ2n) is 2.87. The molecule has 3 nitrogen and oxygen atoms in total. The van der Waals surface area contributed by atoms with Crippen LogP contribution < -0.4 is 34.7 Å². The van der Waals surface area contributed by atoms with Crippen molar-refractivity contribution in [2.24, 2.45) is 0 Å². The zero-order chi connectivity index (χ0) is 11.4. The number of hydrogen-bond donors (Lipinski definition) is 0. The fraction of sp³-hybridized carbons (Fsp3) is 0.200. The van der Waals surface area contributed by atoms with Gasteiger partial charge in [-0.15, -0.1) is 11.8 Å². The SMILES string of the molecule is Cc1cc(Cl)cc(SCC(=O)[O-])c1C#N.[Na+]. The molecule has 1 rings (SSSR count). The van der Waals surface area contributed by atoms with Gasteiger partial charge >= 0.3 is 29.6 Å². The number of benzene rings is 1. The molecule has 0 saturated heterocycles. The van der Waals surface area contributed by atoms with Crippen LogP contribution in [0.1, 0.15) is 11.1 Å². The van der Waals surface area contributed by atoms with E-state index in [9.17, 15) is 9.90 Å². The van der Waals surface area contributed by atoms with Crippen LogP contribution in [0.25, 0.3) is 0 Å². The van der Waals surface area contributed by atoms with Crippen LogP contribution in [0.15, 0.2) is 17.0 Å². The first-order valence-corrected chi connectivity index (χ1v) is 5.44. The molecule has 0 spiro atoms. The van der Waals surface area contributed by atoms with Crippen LogP contribution in [0.2, 0.25) is 5.02 Å². The van der Waals surface area contributed by atoms with Crippen molar-refractivity contribution < 1.29 is 39.5 Å². The van der Waals surface area contributed by atoms with E-state index in [-0.39, 0.29) is 35.3 Å². The first-order chi connectivity index (χ1) is 7.04. The quantitative estimate of drug-likeness (QED) is 0.485. The van der Waals surface area contributed by atoms with Crippen molar-refractivity contribution in [2.75, 3.05) is 5.75 Å². The number of rotatable bonds is 3. The summed E-state index contributed by atoms with van der Waals surface area (Å²) in [5.41, 5.74) is 1.21. The molecular formula is C10H7ClNNaO2S. The number of halogens is 1. The number of carbonyl (C=O) groups is 1. The minimum absolute atomic E-state index is 0. The van der Waals surface area contributed by atoms with Crippen LogP contribution in [-0.4, -0.2) is 11.7 Å². The van der Waals surface area contributed by atoms with Gasteiger partial charge in [0.2, 0.25) is 0 Å². The van der Waals surface area contributed by atoms with Crippen LogP contribution in [0.5, 0.6) is 0 Å². The Morgan fingerprint density at radius 3 is 2.75 bits per heavy atom. The molecule has 0 N–H and O–H groups in total. The number of thioether (sulfide) groups is 1. The number of hydrogen-bond acceptors (Lipinski definition) is 4. The van der Waals surface area contributed by atoms with Crippen molar-refractivity contribution in [3.8, 4) is 6.07 Å². The van der Waals surface area contributed by atoms with Gasteiger partial charge in [0, 0.05) is 15.7 Å². The van der Waals surface area contributed by atoms with Gasteiger partial charge in [0.05, 0.1) is 11.5 Å². The maximum absolute atomic E-state index is 10.3. The van der Waals surface area contributed by atoms with E-state index in [1.54, 1.807) is 19.1 Å². The molecule has 6 heteroatoms. The first kappa shape index (κ1) is 15.8. The van der Waals surface area contributed by atoms with Gasteiger partial charge in [-0.05, 0) is 24.6 Å². The van der Waals surface area contributed by atoms with Crippen molar-refractivity contribution in [1.82, 2.24) is 0 Å². The van der Waals surface area contributed by atoms with E-state index < -0.39 is 5.97 Å². The Bertz CT molecular complexity index is 445. The molecular weight excluding hydrogens is 257 g/mol. The zero-order valence-corrected chi connectivity index (χ0v) is 12.5. The summed E-state index contributed by atoms with van der Waals surface area (Å²) in [7, 11) is 0. The molecule has 0 unspecified atom stereocenters. The maximum atomic E-state index is 10.3. The topological polar surface area (TPSA) is 63.9 Å². The second-order valence-corrected chi connectivity index (χ2v) is 4.32. The Hall–Kier alpha value is -0.180. The Morgan fingerprint density at radius 1 is 1.62 bits per heavy atom. The largest absolute Gasteiger partial charge is 1.00 e. The fourth-order valence-electron chi connectivity index (χ4n) is 1.11. The summed E-state index contributed by atoms with van der Waals surface area (Å²) in [6.45, 7) is 1.76. The molecule has 78 valence electrons. The van der Waals surface area contributed by atoms with Gasteiger partial charge in [-0.1, -0.05) is 11.6 Å². The molecule has 1 aromatic rings. The zero-order valence-electron chi connectivity index (χ0n) is 8.91. The minimum Gasteiger partial charge on any atom is -0.549 e. The summed E-state index contributed by atoms with van der Waals surface area (Å²) in [4.78, 5) is 10.9. The normalized spacial score (nSPS) is 9.06. The Kier molecular flexibility index (Phi) is 7.12. The van der Waals surface area contributed by atoms with Crippen LogP contribution in [0.4, 0.5) is 0 Å². The Labute approximate surface area is 125 Å². The molecule has 0 aromatic heterocycles. The van der Waals surface area contributed by atoms with Gasteiger partial charge in [0.1, 0.15) is 6.07 Å². The number of nitrogens with zero attached hydrogens (tertiary/aromatic N) is 1. The van der Waals surface area contributed by atoms with E-state index in [1.807, 2.05) is 6.07 Å². The van der Waals surface area contributed by atoms with E-state index in [2.05, 4.69) is 0 Å². The van der Waals surface area contributed by atoms with E-state index in [0.717, 1.165) is 17.3 Å². The third kappa shape index (κ3) is 4.36. The molecule has 16 heavy (non-hydrogen) atoms. The van der Waals surface area contributed by atoms with Gasteiger partial charge in [0.25, 0.3) is 0 Å². The average molecular weight is 264 g/mol. The molecule has 0 atom stereocenters. The molecule has 0 aliphatic carbocycles. The molecule has 0 heterocycles. The smallest absolute Gasteiger partial charge is 0.549 e. The Balaban J connectivity index is 0.00000225. The van der Waals surface area contributed by atoms with Crippen LogP contribution >= 0.6 is 23.4 Å². The molecule has 0 aliphatic heterocycles. The van der Waals surface area contributed by atoms with Crippen LogP contribution in [0, 0.1) is 18.3 Å². The number of carboxylic acid groups (broad SMARTS) is 1. The fourth-order valence-corrected chi connectivity index (χ4v) is 2.28. The van der Waals surface area contributed by atoms with Crippen LogP contribution in [0.3, 0.4) is 0 Å². The summed E-state index contributed by atoms with van der Waals surface area (Å²) < 4.78 is 0. The van der Waals surface area contributed by atoms with Gasteiger partial charge in [0.15, 0.2) is 0 Å². The summed E-state index contributed by atoms with van der Waals surface area (Å²) in [6.07, 6.45) is 0. The molecule has 0 saturated carbocycles. The maximum Gasteiger partial charge on any atom is 1.00 e. The van der Waals surface area contributed by atoms with E-state index in [1.165, 1.54) is 0 Å². The number of carbonyl (C=O) groups excluding carboxylic acids is 1. The molecule has 1 aromatic carbocycles. The van der Waals surface area contributed by atoms with E-state index >= 15 is 0 Å². The van der Waals surface area contributed by atoms with Crippen molar-refractivity contribution >= 4 is 29.3 Å². The third-order valence-electron chi connectivity index (χ3n) is 1.72. The number of nitriles is 1. The van der Waals surface area contributed by atoms with Crippen LogP contribution in [-0.2, 0) is 4.79 Å².